The van der Waals surface area contributed by atoms with Gasteiger partial charge in [0.15, 0.2) is 0 Å². The zero-order valence-electron chi connectivity index (χ0n) is 14.6. The molecule has 0 aliphatic rings. The number of hydrogen-bond donors (Lipinski definition) is 0. The van der Waals surface area contributed by atoms with Crippen LogP contribution in [0.4, 0.5) is 13.2 Å². The van der Waals surface area contributed by atoms with E-state index in [9.17, 15) is 13.2 Å². The number of aromatic nitrogens is 2. The van der Waals surface area contributed by atoms with Gasteiger partial charge in [-0.1, -0.05) is 37.6 Å². The second-order valence-electron chi connectivity index (χ2n) is 6.46. The van der Waals surface area contributed by atoms with Gasteiger partial charge >= 0.3 is 0 Å². The molecule has 0 bridgehead atoms. The Morgan fingerprint density at radius 2 is 1.70 bits per heavy atom. The monoisotopic (exact) mass is 392 g/mol. The van der Waals surface area contributed by atoms with Crippen molar-refractivity contribution in [3.8, 4) is 11.6 Å². The molecule has 0 atom stereocenters. The quantitative estimate of drug-likeness (QED) is 0.509. The van der Waals surface area contributed by atoms with Gasteiger partial charge in [-0.25, -0.2) is 23.1 Å². The Morgan fingerprint density at radius 3 is 2.37 bits per heavy atom. The standard InChI is InChI=1S/C20H16ClF3N2O/c1-20(2,12-3-5-13(21)6-4-12)17-10-18(26-11-25-17)27-14-7-8-16(22)15(9-14)19(23)24/h3-11,19H,1-2H3. The molecule has 0 aliphatic heterocycles. The van der Waals surface area contributed by atoms with Crippen LogP contribution in [0, 0.1) is 5.82 Å². The smallest absolute Gasteiger partial charge is 0.266 e. The van der Waals surface area contributed by atoms with Gasteiger partial charge in [0.05, 0.1) is 11.3 Å². The van der Waals surface area contributed by atoms with Crippen LogP contribution in [0.25, 0.3) is 0 Å². The summed E-state index contributed by atoms with van der Waals surface area (Å²) in [4.78, 5) is 8.32. The Morgan fingerprint density at radius 1 is 1.00 bits per heavy atom. The second kappa shape index (κ2) is 7.56. The highest BCUT2D eigenvalue weighted by molar-refractivity contribution is 6.30. The second-order valence-corrected chi connectivity index (χ2v) is 6.90. The molecule has 0 fully saturated rings. The van der Waals surface area contributed by atoms with Crippen molar-refractivity contribution in [2.45, 2.75) is 25.7 Å². The minimum atomic E-state index is -2.93. The van der Waals surface area contributed by atoms with Crippen LogP contribution in [0.2, 0.25) is 5.02 Å². The molecule has 1 aromatic heterocycles. The number of halogens is 4. The number of alkyl halides is 2. The predicted molar refractivity (Wildman–Crippen MR) is 97.0 cm³/mol. The summed E-state index contributed by atoms with van der Waals surface area (Å²) in [7, 11) is 0. The van der Waals surface area contributed by atoms with Crippen molar-refractivity contribution in [2.75, 3.05) is 0 Å². The van der Waals surface area contributed by atoms with Crippen molar-refractivity contribution in [3.05, 3.63) is 82.5 Å². The van der Waals surface area contributed by atoms with Crippen molar-refractivity contribution in [2.24, 2.45) is 0 Å². The molecule has 2 aromatic carbocycles. The molecule has 0 radical (unpaired) electrons. The molecule has 140 valence electrons. The summed E-state index contributed by atoms with van der Waals surface area (Å²) >= 11 is 5.94. The Hall–Kier alpha value is -2.60. The van der Waals surface area contributed by atoms with E-state index in [1.807, 2.05) is 26.0 Å². The van der Waals surface area contributed by atoms with Crippen LogP contribution in [0.15, 0.2) is 54.9 Å². The van der Waals surface area contributed by atoms with E-state index in [0.29, 0.717) is 10.7 Å². The van der Waals surface area contributed by atoms with Gasteiger partial charge in [-0.2, -0.15) is 0 Å². The van der Waals surface area contributed by atoms with Gasteiger partial charge in [-0.05, 0) is 35.9 Å². The first-order valence-corrected chi connectivity index (χ1v) is 8.49. The SMILES string of the molecule is CC(C)(c1ccc(Cl)cc1)c1cc(Oc2ccc(F)c(C(F)F)c2)ncn1. The maximum Gasteiger partial charge on any atom is 0.266 e. The van der Waals surface area contributed by atoms with Crippen LogP contribution >= 0.6 is 11.6 Å². The Kier molecular flexibility index (Phi) is 5.37. The van der Waals surface area contributed by atoms with Crippen molar-refractivity contribution < 1.29 is 17.9 Å². The van der Waals surface area contributed by atoms with Gasteiger partial charge in [-0.3, -0.25) is 0 Å². The largest absolute Gasteiger partial charge is 0.439 e. The fraction of sp³-hybridized carbons (Fsp3) is 0.200. The Balaban J connectivity index is 1.90. The maximum atomic E-state index is 13.4. The molecule has 7 heteroatoms. The summed E-state index contributed by atoms with van der Waals surface area (Å²) < 4.78 is 44.7. The minimum absolute atomic E-state index is 0.0700. The van der Waals surface area contributed by atoms with Gasteiger partial charge in [0.2, 0.25) is 5.88 Å². The zero-order valence-corrected chi connectivity index (χ0v) is 15.3. The van der Waals surface area contributed by atoms with E-state index in [2.05, 4.69) is 9.97 Å². The van der Waals surface area contributed by atoms with Gasteiger partial charge in [0.1, 0.15) is 17.9 Å². The molecule has 3 nitrogen and oxygen atoms in total. The van der Waals surface area contributed by atoms with E-state index >= 15 is 0 Å². The van der Waals surface area contributed by atoms with Crippen molar-refractivity contribution in [1.82, 2.24) is 9.97 Å². The summed E-state index contributed by atoms with van der Waals surface area (Å²) in [5.74, 6) is -0.737. The average Bonchev–Trinajstić information content (AvgIpc) is 2.64. The van der Waals surface area contributed by atoms with E-state index in [-0.39, 0.29) is 11.6 Å². The number of ether oxygens (including phenoxy) is 1. The summed E-state index contributed by atoms with van der Waals surface area (Å²) in [5, 5.41) is 0.632. The molecule has 1 heterocycles. The first kappa shape index (κ1) is 19.2. The van der Waals surface area contributed by atoms with Gasteiger partial charge in [0, 0.05) is 16.5 Å². The van der Waals surface area contributed by atoms with Crippen molar-refractivity contribution >= 4 is 11.6 Å². The van der Waals surface area contributed by atoms with Crippen LogP contribution in [0.3, 0.4) is 0 Å². The normalized spacial score (nSPS) is 11.7. The molecule has 0 amide bonds. The molecule has 0 N–H and O–H groups in total. The highest BCUT2D eigenvalue weighted by atomic mass is 35.5. The van der Waals surface area contributed by atoms with Crippen LogP contribution in [-0.4, -0.2) is 9.97 Å². The fourth-order valence-corrected chi connectivity index (χ4v) is 2.75. The Bertz CT molecular complexity index is 946. The first-order chi connectivity index (χ1) is 12.8. The third kappa shape index (κ3) is 4.22. The molecule has 0 unspecified atom stereocenters. The minimum Gasteiger partial charge on any atom is -0.439 e. The van der Waals surface area contributed by atoms with Crippen LogP contribution in [-0.2, 0) is 5.41 Å². The van der Waals surface area contributed by atoms with E-state index in [1.165, 1.54) is 12.4 Å². The number of hydrogen-bond acceptors (Lipinski definition) is 3. The molecule has 3 rings (SSSR count). The summed E-state index contributed by atoms with van der Waals surface area (Å²) in [6.45, 7) is 3.96. The molecular weight excluding hydrogens is 377 g/mol. The molecule has 27 heavy (non-hydrogen) atoms. The molecule has 0 aliphatic carbocycles. The van der Waals surface area contributed by atoms with Crippen LogP contribution in [0.5, 0.6) is 11.6 Å². The average molecular weight is 393 g/mol. The highest BCUT2D eigenvalue weighted by Crippen LogP contribution is 2.33. The zero-order chi connectivity index (χ0) is 19.6. The third-order valence-corrected chi connectivity index (χ3v) is 4.53. The van der Waals surface area contributed by atoms with Crippen LogP contribution < -0.4 is 4.74 Å². The summed E-state index contributed by atoms with van der Waals surface area (Å²) in [6, 6.07) is 12.2. The van der Waals surface area contributed by atoms with Gasteiger partial charge < -0.3 is 4.74 Å². The summed E-state index contributed by atoms with van der Waals surface area (Å²) in [5.41, 5.74) is 0.468. The molecule has 0 spiro atoms. The van der Waals surface area contributed by atoms with Crippen LogP contribution in [0.1, 0.15) is 37.1 Å². The lowest BCUT2D eigenvalue weighted by atomic mass is 9.81. The van der Waals surface area contributed by atoms with E-state index in [1.54, 1.807) is 18.2 Å². The third-order valence-electron chi connectivity index (χ3n) is 4.27. The topological polar surface area (TPSA) is 35.0 Å². The van der Waals surface area contributed by atoms with Gasteiger partial charge in [0.25, 0.3) is 6.43 Å². The van der Waals surface area contributed by atoms with E-state index in [4.69, 9.17) is 16.3 Å². The van der Waals surface area contributed by atoms with Crippen molar-refractivity contribution in [3.63, 3.8) is 0 Å². The van der Waals surface area contributed by atoms with Gasteiger partial charge in [-0.15, -0.1) is 0 Å². The highest BCUT2D eigenvalue weighted by Gasteiger charge is 2.25. The lowest BCUT2D eigenvalue weighted by Crippen LogP contribution is -2.20. The number of benzene rings is 2. The molecule has 3 aromatic rings. The fourth-order valence-electron chi connectivity index (χ4n) is 2.62. The number of nitrogens with zero attached hydrogens (tertiary/aromatic N) is 2. The lowest BCUT2D eigenvalue weighted by Gasteiger charge is -2.25. The van der Waals surface area contributed by atoms with E-state index < -0.39 is 23.2 Å². The first-order valence-electron chi connectivity index (χ1n) is 8.11. The maximum absolute atomic E-state index is 13.4. The lowest BCUT2D eigenvalue weighted by molar-refractivity contribution is 0.146. The summed E-state index contributed by atoms with van der Waals surface area (Å²) in [6.07, 6.45) is -1.60. The predicted octanol–water partition coefficient (Wildman–Crippen LogP) is 6.32. The molecule has 0 saturated heterocycles. The van der Waals surface area contributed by atoms with Crippen molar-refractivity contribution in [1.29, 1.82) is 0 Å². The molecular formula is C20H16ClF3N2O. The van der Waals surface area contributed by atoms with E-state index in [0.717, 1.165) is 17.7 Å². The Labute approximate surface area is 159 Å². The molecule has 0 saturated carbocycles. The number of rotatable bonds is 5.